The average Bonchev–Trinajstić information content (AvgIpc) is 3.28. The second-order valence-electron chi connectivity index (χ2n) is 7.43. The molecule has 0 N–H and O–H groups in total. The molecule has 5 aromatic rings. The predicted molar refractivity (Wildman–Crippen MR) is 115 cm³/mol. The van der Waals surface area contributed by atoms with E-state index >= 15 is 0 Å². The Morgan fingerprint density at radius 1 is 1.00 bits per heavy atom. The Balaban J connectivity index is 1.79. The number of pyridine rings is 2. The summed E-state index contributed by atoms with van der Waals surface area (Å²) in [5.74, 6) is 0.354. The molecular weight excluding hydrogens is 393 g/mol. The maximum absolute atomic E-state index is 14.9. The van der Waals surface area contributed by atoms with E-state index in [0.717, 1.165) is 33.9 Å². The van der Waals surface area contributed by atoms with E-state index < -0.39 is 6.04 Å². The van der Waals surface area contributed by atoms with Crippen molar-refractivity contribution in [2.45, 2.75) is 19.9 Å². The molecule has 0 unspecified atom stereocenters. The molecule has 0 saturated heterocycles. The zero-order valence-corrected chi connectivity index (χ0v) is 17.4. The van der Waals surface area contributed by atoms with Gasteiger partial charge in [-0.05, 0) is 37.6 Å². The lowest BCUT2D eigenvalue weighted by molar-refractivity contribution is 0.556. The third kappa shape index (κ3) is 3.16. The van der Waals surface area contributed by atoms with Gasteiger partial charge in [0.15, 0.2) is 5.65 Å². The van der Waals surface area contributed by atoms with Gasteiger partial charge in [0.25, 0.3) is 0 Å². The number of nitrogens with zero attached hydrogens (tertiary/aromatic N) is 7. The van der Waals surface area contributed by atoms with Crippen LogP contribution in [0, 0.1) is 19.7 Å². The zero-order valence-electron chi connectivity index (χ0n) is 17.4. The SMILES string of the molecule is Cc1nnn(C)c1-c1cnc2nc(C)n([C@@H](c3ccccc3)c3ncccc3F)c2c1. The molecule has 4 aromatic heterocycles. The standard InChI is InChI=1S/C23H20FN7/c1-14-21(30(3)29-28-14)17-12-19-23(26-13-17)27-15(2)31(19)22(16-8-5-4-6-9-16)20-18(24)10-7-11-25-20/h4-13,22H,1-3H3/t22-/m0/s1. The predicted octanol–water partition coefficient (Wildman–Crippen LogP) is 4.02. The quantitative estimate of drug-likeness (QED) is 0.445. The van der Waals surface area contributed by atoms with Crippen LogP contribution in [-0.2, 0) is 7.05 Å². The lowest BCUT2D eigenvalue weighted by Crippen LogP contribution is -2.17. The molecule has 0 radical (unpaired) electrons. The molecule has 1 atom stereocenters. The minimum atomic E-state index is -0.491. The number of fused-ring (bicyclic) bond motifs is 1. The molecule has 4 heterocycles. The highest BCUT2D eigenvalue weighted by Crippen LogP contribution is 2.33. The van der Waals surface area contributed by atoms with Gasteiger partial charge >= 0.3 is 0 Å². The van der Waals surface area contributed by atoms with Crippen LogP contribution in [0.4, 0.5) is 4.39 Å². The molecule has 0 aliphatic carbocycles. The molecule has 8 heteroatoms. The normalized spacial score (nSPS) is 12.4. The number of hydrogen-bond donors (Lipinski definition) is 0. The smallest absolute Gasteiger partial charge is 0.177 e. The Labute approximate surface area is 178 Å². The minimum Gasteiger partial charge on any atom is -0.313 e. The molecular formula is C23H20FN7. The summed E-state index contributed by atoms with van der Waals surface area (Å²) in [4.78, 5) is 13.6. The van der Waals surface area contributed by atoms with Crippen LogP contribution in [0.5, 0.6) is 0 Å². The van der Waals surface area contributed by atoms with Crippen LogP contribution in [0.3, 0.4) is 0 Å². The lowest BCUT2D eigenvalue weighted by atomic mass is 10.0. The van der Waals surface area contributed by atoms with E-state index in [-0.39, 0.29) is 5.82 Å². The summed E-state index contributed by atoms with van der Waals surface area (Å²) in [6, 6.07) is 14.3. The number of halogens is 1. The first-order valence-corrected chi connectivity index (χ1v) is 9.91. The Kier molecular flexibility index (Phi) is 4.54. The first kappa shape index (κ1) is 19.0. The summed E-state index contributed by atoms with van der Waals surface area (Å²) in [6.45, 7) is 3.81. The maximum atomic E-state index is 14.9. The highest BCUT2D eigenvalue weighted by atomic mass is 19.1. The van der Waals surface area contributed by atoms with Gasteiger partial charge in [-0.3, -0.25) is 4.98 Å². The van der Waals surface area contributed by atoms with Gasteiger partial charge in [-0.1, -0.05) is 35.5 Å². The Bertz CT molecular complexity index is 1370. The first-order valence-electron chi connectivity index (χ1n) is 9.91. The fraction of sp³-hybridized carbons (Fsp3) is 0.174. The second-order valence-corrected chi connectivity index (χ2v) is 7.43. The fourth-order valence-corrected chi connectivity index (χ4v) is 4.07. The van der Waals surface area contributed by atoms with Crippen LogP contribution in [0.25, 0.3) is 22.4 Å². The van der Waals surface area contributed by atoms with E-state index in [1.165, 1.54) is 6.07 Å². The number of rotatable bonds is 4. The molecule has 0 fully saturated rings. The van der Waals surface area contributed by atoms with Gasteiger partial charge in [0, 0.05) is 25.0 Å². The Morgan fingerprint density at radius 3 is 2.52 bits per heavy atom. The number of imidazole rings is 1. The summed E-state index contributed by atoms with van der Waals surface area (Å²) < 4.78 is 18.6. The van der Waals surface area contributed by atoms with Crippen molar-refractivity contribution in [2.24, 2.45) is 7.05 Å². The number of benzene rings is 1. The summed E-state index contributed by atoms with van der Waals surface area (Å²) >= 11 is 0. The van der Waals surface area contributed by atoms with Crippen LogP contribution < -0.4 is 0 Å². The van der Waals surface area contributed by atoms with Gasteiger partial charge in [0.2, 0.25) is 0 Å². The fourth-order valence-electron chi connectivity index (χ4n) is 4.07. The third-order valence-corrected chi connectivity index (χ3v) is 5.41. The number of aromatic nitrogens is 7. The molecule has 0 aliphatic rings. The first-order chi connectivity index (χ1) is 15.0. The molecule has 0 bridgehead atoms. The molecule has 5 rings (SSSR count). The summed E-state index contributed by atoms with van der Waals surface area (Å²) in [6.07, 6.45) is 3.38. The number of hydrogen-bond acceptors (Lipinski definition) is 5. The molecule has 1 aromatic carbocycles. The largest absolute Gasteiger partial charge is 0.313 e. The van der Waals surface area contributed by atoms with E-state index in [1.807, 2.05) is 61.9 Å². The highest BCUT2D eigenvalue weighted by Gasteiger charge is 2.26. The minimum absolute atomic E-state index is 0.333. The van der Waals surface area contributed by atoms with Crippen LogP contribution in [0.2, 0.25) is 0 Å². The van der Waals surface area contributed by atoms with E-state index in [0.29, 0.717) is 11.3 Å². The van der Waals surface area contributed by atoms with Crippen molar-refractivity contribution in [3.63, 3.8) is 0 Å². The molecule has 0 saturated carbocycles. The molecule has 7 nitrogen and oxygen atoms in total. The van der Waals surface area contributed by atoms with Crippen LogP contribution in [0.15, 0.2) is 60.9 Å². The molecule has 0 spiro atoms. The van der Waals surface area contributed by atoms with Gasteiger partial charge in [0.1, 0.15) is 23.4 Å². The van der Waals surface area contributed by atoms with Crippen LogP contribution in [-0.4, -0.2) is 34.5 Å². The van der Waals surface area contributed by atoms with Crippen molar-refractivity contribution >= 4 is 11.2 Å². The Hall–Kier alpha value is -3.94. The highest BCUT2D eigenvalue weighted by molar-refractivity contribution is 5.79. The topological polar surface area (TPSA) is 74.3 Å². The summed E-state index contributed by atoms with van der Waals surface area (Å²) in [5, 5.41) is 8.24. The molecule has 0 amide bonds. The van der Waals surface area contributed by atoms with Gasteiger partial charge in [-0.15, -0.1) is 5.10 Å². The molecule has 31 heavy (non-hydrogen) atoms. The second kappa shape index (κ2) is 7.39. The lowest BCUT2D eigenvalue weighted by Gasteiger charge is -2.22. The van der Waals surface area contributed by atoms with Gasteiger partial charge in [0.05, 0.1) is 16.9 Å². The van der Waals surface area contributed by atoms with Crippen molar-refractivity contribution in [2.75, 3.05) is 0 Å². The van der Waals surface area contributed by atoms with Crippen molar-refractivity contribution in [3.05, 3.63) is 89.5 Å². The van der Waals surface area contributed by atoms with E-state index in [1.54, 1.807) is 23.1 Å². The van der Waals surface area contributed by atoms with Crippen molar-refractivity contribution in [1.29, 1.82) is 0 Å². The van der Waals surface area contributed by atoms with Gasteiger partial charge < -0.3 is 4.57 Å². The molecule has 154 valence electrons. The van der Waals surface area contributed by atoms with E-state index in [4.69, 9.17) is 0 Å². The van der Waals surface area contributed by atoms with Crippen molar-refractivity contribution in [1.82, 2.24) is 34.5 Å². The summed E-state index contributed by atoms with van der Waals surface area (Å²) in [7, 11) is 1.85. The number of aryl methyl sites for hydroxylation is 3. The molecule has 0 aliphatic heterocycles. The van der Waals surface area contributed by atoms with Crippen molar-refractivity contribution in [3.8, 4) is 11.3 Å². The van der Waals surface area contributed by atoms with Gasteiger partial charge in [-0.2, -0.15) is 0 Å². The monoisotopic (exact) mass is 413 g/mol. The van der Waals surface area contributed by atoms with E-state index in [9.17, 15) is 4.39 Å². The average molecular weight is 413 g/mol. The van der Waals surface area contributed by atoms with Crippen molar-refractivity contribution < 1.29 is 4.39 Å². The zero-order chi connectivity index (χ0) is 21.5. The van der Waals surface area contributed by atoms with Crippen LogP contribution >= 0.6 is 0 Å². The third-order valence-electron chi connectivity index (χ3n) is 5.41. The van der Waals surface area contributed by atoms with Gasteiger partial charge in [-0.25, -0.2) is 19.0 Å². The maximum Gasteiger partial charge on any atom is 0.177 e. The van der Waals surface area contributed by atoms with E-state index in [2.05, 4.69) is 25.3 Å². The Morgan fingerprint density at radius 2 is 1.81 bits per heavy atom. The summed E-state index contributed by atoms with van der Waals surface area (Å²) in [5.41, 5.74) is 5.17. The van der Waals surface area contributed by atoms with Crippen LogP contribution in [0.1, 0.15) is 28.8 Å².